The molecule has 8 heteroatoms. The molecule has 2 aliphatic rings. The van der Waals surface area contributed by atoms with Crippen molar-refractivity contribution in [3.05, 3.63) is 65.7 Å². The van der Waals surface area contributed by atoms with Gasteiger partial charge in [0.1, 0.15) is 0 Å². The molecule has 0 saturated carbocycles. The first kappa shape index (κ1) is 22.9. The average Bonchev–Trinajstić information content (AvgIpc) is 3.37. The van der Waals surface area contributed by atoms with E-state index in [-0.39, 0.29) is 16.8 Å². The minimum absolute atomic E-state index is 0.139. The van der Waals surface area contributed by atoms with Gasteiger partial charge in [-0.15, -0.1) is 0 Å². The normalized spacial score (nSPS) is 19.7. The van der Waals surface area contributed by atoms with Crippen molar-refractivity contribution in [2.45, 2.75) is 23.8 Å². The lowest BCUT2D eigenvalue weighted by Crippen LogP contribution is -2.47. The summed E-state index contributed by atoms with van der Waals surface area (Å²) in [5, 5.41) is 3.17. The van der Waals surface area contributed by atoms with Crippen LogP contribution in [0.3, 0.4) is 0 Å². The maximum Gasteiger partial charge on any atom is 0.251 e. The van der Waals surface area contributed by atoms with Gasteiger partial charge in [-0.3, -0.25) is 9.69 Å². The first-order valence-corrected chi connectivity index (χ1v) is 12.7. The molecule has 2 aromatic carbocycles. The summed E-state index contributed by atoms with van der Waals surface area (Å²) in [6, 6.07) is 16.2. The van der Waals surface area contributed by atoms with Crippen LogP contribution in [0.4, 0.5) is 0 Å². The molecule has 32 heavy (non-hydrogen) atoms. The Labute approximate surface area is 191 Å². The van der Waals surface area contributed by atoms with Gasteiger partial charge >= 0.3 is 0 Å². The van der Waals surface area contributed by atoms with Gasteiger partial charge in [0, 0.05) is 51.4 Å². The van der Waals surface area contributed by atoms with Crippen LogP contribution in [0.1, 0.15) is 34.8 Å². The van der Waals surface area contributed by atoms with Gasteiger partial charge in [-0.05, 0) is 49.7 Å². The van der Waals surface area contributed by atoms with Gasteiger partial charge < -0.3 is 10.2 Å². The number of benzene rings is 2. The van der Waals surface area contributed by atoms with E-state index in [1.165, 1.54) is 4.31 Å². The van der Waals surface area contributed by atoms with Gasteiger partial charge in [-0.25, -0.2) is 8.42 Å². The number of hydrogen-bond donors (Lipinski definition) is 1. The molecule has 1 amide bonds. The van der Waals surface area contributed by atoms with Crippen LogP contribution in [0.2, 0.25) is 0 Å². The van der Waals surface area contributed by atoms with Crippen LogP contribution in [0.25, 0.3) is 0 Å². The summed E-state index contributed by atoms with van der Waals surface area (Å²) in [7, 11) is -1.35. The second-order valence-corrected chi connectivity index (χ2v) is 10.6. The summed E-state index contributed by atoms with van der Waals surface area (Å²) < 4.78 is 27.0. The topological polar surface area (TPSA) is 73.0 Å². The fourth-order valence-corrected chi connectivity index (χ4v) is 5.82. The van der Waals surface area contributed by atoms with E-state index >= 15 is 0 Å². The number of nitrogens with one attached hydrogen (secondary N) is 1. The molecule has 1 atom stereocenters. The van der Waals surface area contributed by atoms with Crippen molar-refractivity contribution in [1.29, 1.82) is 0 Å². The summed E-state index contributed by atoms with van der Waals surface area (Å²) in [5.74, 6) is -0.196. The van der Waals surface area contributed by atoms with Crippen LogP contribution < -0.4 is 5.32 Å². The number of carbonyl (C=O) groups is 1. The summed E-state index contributed by atoms with van der Waals surface area (Å²) >= 11 is 0. The number of piperazine rings is 1. The van der Waals surface area contributed by atoms with E-state index in [0.717, 1.165) is 51.1 Å². The molecular weight excluding hydrogens is 424 g/mol. The van der Waals surface area contributed by atoms with Crippen molar-refractivity contribution < 1.29 is 13.2 Å². The van der Waals surface area contributed by atoms with Gasteiger partial charge in [0.2, 0.25) is 10.0 Å². The van der Waals surface area contributed by atoms with Gasteiger partial charge in [0.05, 0.1) is 10.9 Å². The Morgan fingerprint density at radius 3 is 2.16 bits per heavy atom. The van der Waals surface area contributed by atoms with E-state index in [1.807, 2.05) is 30.3 Å². The largest absolute Gasteiger partial charge is 0.344 e. The third-order valence-electron chi connectivity index (χ3n) is 6.36. The standard InChI is InChI=1S/C24H32N4O3S/c1-26-15-17-27(18-16-26)19-23(20-7-3-2-4-8-20)25-24(29)21-9-11-22(12-10-21)32(30,31)28-13-5-6-14-28/h2-4,7-12,23H,5-6,13-19H2,1H3,(H,25,29). The highest BCUT2D eigenvalue weighted by molar-refractivity contribution is 7.89. The molecule has 0 aromatic heterocycles. The number of hydrogen-bond acceptors (Lipinski definition) is 5. The summed E-state index contributed by atoms with van der Waals surface area (Å²) in [4.78, 5) is 18.0. The molecule has 1 N–H and O–H groups in total. The molecule has 7 nitrogen and oxygen atoms in total. The highest BCUT2D eigenvalue weighted by Gasteiger charge is 2.27. The molecule has 0 bridgehead atoms. The van der Waals surface area contributed by atoms with Crippen LogP contribution in [0.15, 0.2) is 59.5 Å². The Balaban J connectivity index is 1.46. The van der Waals surface area contributed by atoms with E-state index in [1.54, 1.807) is 24.3 Å². The fourth-order valence-electron chi connectivity index (χ4n) is 4.31. The second-order valence-electron chi connectivity index (χ2n) is 8.68. The predicted molar refractivity (Wildman–Crippen MR) is 125 cm³/mol. The SMILES string of the molecule is CN1CCN(CC(NC(=O)c2ccc(S(=O)(=O)N3CCCC3)cc2)c2ccccc2)CC1. The van der Waals surface area contributed by atoms with E-state index in [9.17, 15) is 13.2 Å². The zero-order valence-corrected chi connectivity index (χ0v) is 19.4. The molecule has 2 aromatic rings. The first-order chi connectivity index (χ1) is 15.4. The highest BCUT2D eigenvalue weighted by atomic mass is 32.2. The zero-order chi connectivity index (χ0) is 22.6. The molecule has 0 aliphatic carbocycles. The van der Waals surface area contributed by atoms with Gasteiger partial charge in [0.25, 0.3) is 5.91 Å². The summed E-state index contributed by atoms with van der Waals surface area (Å²) in [6.45, 7) is 5.85. The van der Waals surface area contributed by atoms with E-state index in [4.69, 9.17) is 0 Å². The smallest absolute Gasteiger partial charge is 0.251 e. The van der Waals surface area contributed by atoms with Crippen molar-refractivity contribution >= 4 is 15.9 Å². The molecule has 1 unspecified atom stereocenters. The van der Waals surface area contributed by atoms with Gasteiger partial charge in [-0.2, -0.15) is 4.31 Å². The summed E-state index contributed by atoms with van der Waals surface area (Å²) in [5.41, 5.74) is 1.53. The second kappa shape index (κ2) is 10.1. The molecule has 172 valence electrons. The Bertz CT molecular complexity index is 997. The van der Waals surface area contributed by atoms with Crippen molar-refractivity contribution in [3.8, 4) is 0 Å². The number of nitrogens with zero attached hydrogens (tertiary/aromatic N) is 3. The lowest BCUT2D eigenvalue weighted by molar-refractivity contribution is 0.0907. The van der Waals surface area contributed by atoms with E-state index < -0.39 is 10.0 Å². The molecule has 4 rings (SSSR count). The predicted octanol–water partition coefficient (Wildman–Crippen LogP) is 2.19. The highest BCUT2D eigenvalue weighted by Crippen LogP contribution is 2.22. The zero-order valence-electron chi connectivity index (χ0n) is 18.6. The average molecular weight is 457 g/mol. The minimum Gasteiger partial charge on any atom is -0.344 e. The molecule has 2 heterocycles. The lowest BCUT2D eigenvalue weighted by Gasteiger charge is -2.35. The first-order valence-electron chi connectivity index (χ1n) is 11.3. The lowest BCUT2D eigenvalue weighted by atomic mass is 10.0. The number of likely N-dealkylation sites (N-methyl/N-ethyl adjacent to an activating group) is 1. The monoisotopic (exact) mass is 456 g/mol. The van der Waals surface area contributed by atoms with Crippen LogP contribution in [-0.4, -0.2) is 81.3 Å². The van der Waals surface area contributed by atoms with Gasteiger partial charge in [-0.1, -0.05) is 30.3 Å². The number of rotatable bonds is 7. The molecule has 0 spiro atoms. The van der Waals surface area contributed by atoms with Gasteiger partial charge in [0.15, 0.2) is 0 Å². The van der Waals surface area contributed by atoms with Crippen molar-refractivity contribution in [2.75, 3.05) is 52.9 Å². The molecule has 2 aliphatic heterocycles. The third kappa shape index (κ3) is 5.38. The van der Waals surface area contributed by atoms with Crippen LogP contribution >= 0.6 is 0 Å². The Morgan fingerprint density at radius 2 is 1.53 bits per heavy atom. The molecule has 2 fully saturated rings. The van der Waals surface area contributed by atoms with Crippen LogP contribution in [0.5, 0.6) is 0 Å². The van der Waals surface area contributed by atoms with Crippen molar-refractivity contribution in [3.63, 3.8) is 0 Å². The minimum atomic E-state index is -3.48. The number of amides is 1. The third-order valence-corrected chi connectivity index (χ3v) is 8.28. The molecule has 2 saturated heterocycles. The Hall–Kier alpha value is -2.26. The van der Waals surface area contributed by atoms with Crippen LogP contribution in [-0.2, 0) is 10.0 Å². The maximum atomic E-state index is 13.0. The van der Waals surface area contributed by atoms with Crippen LogP contribution in [0, 0.1) is 0 Å². The summed E-state index contributed by atoms with van der Waals surface area (Å²) in [6.07, 6.45) is 1.79. The quantitative estimate of drug-likeness (QED) is 0.692. The molecular formula is C24H32N4O3S. The number of sulfonamides is 1. The number of carbonyl (C=O) groups excluding carboxylic acids is 1. The van der Waals surface area contributed by atoms with E-state index in [2.05, 4.69) is 22.2 Å². The Kier molecular flexibility index (Phi) is 7.25. The Morgan fingerprint density at radius 1 is 0.906 bits per heavy atom. The maximum absolute atomic E-state index is 13.0. The van der Waals surface area contributed by atoms with Crippen molar-refractivity contribution in [2.24, 2.45) is 0 Å². The van der Waals surface area contributed by atoms with E-state index in [0.29, 0.717) is 18.7 Å². The molecule has 0 radical (unpaired) electrons. The van der Waals surface area contributed by atoms with Crippen molar-refractivity contribution in [1.82, 2.24) is 19.4 Å². The fraction of sp³-hybridized carbons (Fsp3) is 0.458.